The van der Waals surface area contributed by atoms with Gasteiger partial charge in [-0.1, -0.05) is 12.1 Å². The molecule has 1 aliphatic heterocycles. The molecule has 2 rings (SSSR count). The number of nitrogens with one attached hydrogen (secondary N) is 1. The highest BCUT2D eigenvalue weighted by molar-refractivity contribution is 6.06. The van der Waals surface area contributed by atoms with Gasteiger partial charge in [0.15, 0.2) is 0 Å². The molecule has 1 saturated heterocycles. The van der Waals surface area contributed by atoms with Crippen LogP contribution in [0.15, 0.2) is 12.1 Å². The second-order valence-electron chi connectivity index (χ2n) is 5.63. The van der Waals surface area contributed by atoms with Gasteiger partial charge in [0, 0.05) is 12.6 Å². The van der Waals surface area contributed by atoms with Crippen LogP contribution in [0.4, 0.5) is 0 Å². The lowest BCUT2D eigenvalue weighted by atomic mass is 9.95. The van der Waals surface area contributed by atoms with Crippen molar-refractivity contribution in [2.45, 2.75) is 45.8 Å². The van der Waals surface area contributed by atoms with E-state index in [9.17, 15) is 14.7 Å². The van der Waals surface area contributed by atoms with E-state index >= 15 is 0 Å². The molecule has 5 heteroatoms. The maximum Gasteiger partial charge on any atom is 0.336 e. The fraction of sp³-hybridized carbons (Fsp3) is 0.500. The maximum atomic E-state index is 12.5. The van der Waals surface area contributed by atoms with E-state index in [1.165, 1.54) is 0 Å². The summed E-state index contributed by atoms with van der Waals surface area (Å²) in [6.07, 6.45) is 1.61. The smallest absolute Gasteiger partial charge is 0.336 e. The summed E-state index contributed by atoms with van der Waals surface area (Å²) in [7, 11) is 0. The van der Waals surface area contributed by atoms with E-state index in [2.05, 4.69) is 5.32 Å². The van der Waals surface area contributed by atoms with Gasteiger partial charge in [0.05, 0.1) is 17.2 Å². The standard InChI is InChI=1S/C16H21NO4/c1-9-4-5-10(2)14(16(19)20)13(9)15(18)17-12-6-7-21-11(3)8-12/h4-5,11-12H,6-8H2,1-3H3,(H,17,18)(H,19,20). The lowest BCUT2D eigenvalue weighted by Crippen LogP contribution is -2.42. The monoisotopic (exact) mass is 291 g/mol. The largest absolute Gasteiger partial charge is 0.478 e. The molecule has 2 atom stereocenters. The summed E-state index contributed by atoms with van der Waals surface area (Å²) in [5, 5.41) is 12.3. The number of hydrogen-bond donors (Lipinski definition) is 2. The van der Waals surface area contributed by atoms with E-state index in [0.29, 0.717) is 17.7 Å². The molecule has 21 heavy (non-hydrogen) atoms. The molecule has 1 fully saturated rings. The Morgan fingerprint density at radius 2 is 1.86 bits per heavy atom. The second-order valence-corrected chi connectivity index (χ2v) is 5.63. The second kappa shape index (κ2) is 6.26. The van der Waals surface area contributed by atoms with Crippen LogP contribution in [0, 0.1) is 13.8 Å². The number of rotatable bonds is 3. The van der Waals surface area contributed by atoms with Crippen LogP contribution < -0.4 is 5.32 Å². The van der Waals surface area contributed by atoms with Crippen LogP contribution in [0.1, 0.15) is 51.6 Å². The molecule has 5 nitrogen and oxygen atoms in total. The van der Waals surface area contributed by atoms with Gasteiger partial charge in [-0.2, -0.15) is 0 Å². The number of carbonyl (C=O) groups is 2. The lowest BCUT2D eigenvalue weighted by Gasteiger charge is -2.28. The van der Waals surface area contributed by atoms with Crippen LogP contribution in [0.2, 0.25) is 0 Å². The van der Waals surface area contributed by atoms with Crippen molar-refractivity contribution in [2.75, 3.05) is 6.61 Å². The first-order valence-corrected chi connectivity index (χ1v) is 7.16. The summed E-state index contributed by atoms with van der Waals surface area (Å²) in [4.78, 5) is 23.9. The third-order valence-electron chi connectivity index (χ3n) is 3.88. The fourth-order valence-corrected chi connectivity index (χ4v) is 2.77. The van der Waals surface area contributed by atoms with Crippen molar-refractivity contribution in [3.63, 3.8) is 0 Å². The van der Waals surface area contributed by atoms with Gasteiger partial charge in [-0.25, -0.2) is 4.79 Å². The lowest BCUT2D eigenvalue weighted by molar-refractivity contribution is 0.0136. The van der Waals surface area contributed by atoms with Gasteiger partial charge in [0.25, 0.3) is 5.91 Å². The molecule has 114 valence electrons. The quantitative estimate of drug-likeness (QED) is 0.896. The number of carbonyl (C=O) groups excluding carboxylic acids is 1. The molecular weight excluding hydrogens is 270 g/mol. The van der Waals surface area contributed by atoms with E-state index in [1.54, 1.807) is 26.0 Å². The molecule has 1 aliphatic rings. The molecule has 1 aromatic carbocycles. The predicted molar refractivity (Wildman–Crippen MR) is 78.8 cm³/mol. The van der Waals surface area contributed by atoms with Crippen molar-refractivity contribution in [2.24, 2.45) is 0 Å². The van der Waals surface area contributed by atoms with Crippen LogP contribution in [-0.4, -0.2) is 35.7 Å². The summed E-state index contributed by atoms with van der Waals surface area (Å²) < 4.78 is 5.45. The van der Waals surface area contributed by atoms with Crippen LogP contribution in [-0.2, 0) is 4.74 Å². The fourth-order valence-electron chi connectivity index (χ4n) is 2.77. The van der Waals surface area contributed by atoms with Crippen molar-refractivity contribution >= 4 is 11.9 Å². The van der Waals surface area contributed by atoms with E-state index in [1.807, 2.05) is 6.92 Å². The maximum absolute atomic E-state index is 12.5. The predicted octanol–water partition coefficient (Wildman–Crippen LogP) is 2.30. The van der Waals surface area contributed by atoms with Crippen molar-refractivity contribution in [3.8, 4) is 0 Å². The minimum Gasteiger partial charge on any atom is -0.478 e. The SMILES string of the molecule is Cc1ccc(C)c(C(=O)NC2CCOC(C)C2)c1C(=O)O. The summed E-state index contributed by atoms with van der Waals surface area (Å²) in [6, 6.07) is 3.54. The Bertz CT molecular complexity index is 568. The molecule has 1 heterocycles. The van der Waals surface area contributed by atoms with Crippen molar-refractivity contribution in [3.05, 3.63) is 34.4 Å². The Kier molecular flexibility index (Phi) is 4.63. The Balaban J connectivity index is 2.26. The summed E-state index contributed by atoms with van der Waals surface area (Å²) in [5.41, 5.74) is 1.63. The van der Waals surface area contributed by atoms with Gasteiger partial charge in [0.1, 0.15) is 0 Å². The third kappa shape index (κ3) is 3.42. The number of benzene rings is 1. The number of carboxylic acids is 1. The average Bonchev–Trinajstić information content (AvgIpc) is 2.40. The molecule has 1 aromatic rings. The summed E-state index contributed by atoms with van der Waals surface area (Å²) in [6.45, 7) is 6.05. The average molecular weight is 291 g/mol. The molecule has 0 saturated carbocycles. The molecule has 0 aliphatic carbocycles. The minimum absolute atomic E-state index is 0.0304. The summed E-state index contributed by atoms with van der Waals surface area (Å²) in [5.74, 6) is -1.38. The first-order chi connectivity index (χ1) is 9.90. The Morgan fingerprint density at radius 3 is 2.43 bits per heavy atom. The molecular formula is C16H21NO4. The Labute approximate surface area is 124 Å². The highest BCUT2D eigenvalue weighted by Crippen LogP contribution is 2.20. The van der Waals surface area contributed by atoms with Crippen molar-refractivity contribution in [1.82, 2.24) is 5.32 Å². The van der Waals surface area contributed by atoms with Gasteiger partial charge < -0.3 is 15.2 Å². The number of ether oxygens (including phenoxy) is 1. The molecule has 2 N–H and O–H groups in total. The number of carboxylic acid groups (broad SMARTS) is 1. The van der Waals surface area contributed by atoms with Gasteiger partial charge in [0.2, 0.25) is 0 Å². The highest BCUT2D eigenvalue weighted by atomic mass is 16.5. The Hall–Kier alpha value is -1.88. The first-order valence-electron chi connectivity index (χ1n) is 7.16. The zero-order valence-corrected chi connectivity index (χ0v) is 12.6. The molecule has 2 unspecified atom stereocenters. The van der Waals surface area contributed by atoms with Crippen LogP contribution in [0.5, 0.6) is 0 Å². The number of aryl methyl sites for hydroxylation is 2. The molecule has 1 amide bonds. The number of amides is 1. The molecule has 0 aromatic heterocycles. The molecule has 0 bridgehead atoms. The van der Waals surface area contributed by atoms with E-state index in [-0.39, 0.29) is 29.2 Å². The topological polar surface area (TPSA) is 75.6 Å². The first kappa shape index (κ1) is 15.5. The summed E-state index contributed by atoms with van der Waals surface area (Å²) >= 11 is 0. The van der Waals surface area contributed by atoms with Crippen LogP contribution in [0.3, 0.4) is 0 Å². The van der Waals surface area contributed by atoms with Crippen LogP contribution >= 0.6 is 0 Å². The number of hydrogen-bond acceptors (Lipinski definition) is 3. The normalized spacial score (nSPS) is 21.9. The van der Waals surface area contributed by atoms with Gasteiger partial charge in [-0.15, -0.1) is 0 Å². The Morgan fingerprint density at radius 1 is 1.24 bits per heavy atom. The zero-order valence-electron chi connectivity index (χ0n) is 12.6. The number of aromatic carboxylic acids is 1. The van der Waals surface area contributed by atoms with Gasteiger partial charge >= 0.3 is 5.97 Å². The molecule has 0 spiro atoms. The minimum atomic E-state index is -1.07. The van der Waals surface area contributed by atoms with Gasteiger partial charge in [-0.05, 0) is 44.7 Å². The van der Waals surface area contributed by atoms with Gasteiger partial charge in [-0.3, -0.25) is 4.79 Å². The van der Waals surface area contributed by atoms with E-state index in [0.717, 1.165) is 12.8 Å². The van der Waals surface area contributed by atoms with Crippen molar-refractivity contribution in [1.29, 1.82) is 0 Å². The van der Waals surface area contributed by atoms with Crippen molar-refractivity contribution < 1.29 is 19.4 Å². The van der Waals surface area contributed by atoms with E-state index < -0.39 is 5.97 Å². The third-order valence-corrected chi connectivity index (χ3v) is 3.88. The highest BCUT2D eigenvalue weighted by Gasteiger charge is 2.25. The zero-order chi connectivity index (χ0) is 15.6. The van der Waals surface area contributed by atoms with Crippen LogP contribution in [0.25, 0.3) is 0 Å². The van der Waals surface area contributed by atoms with E-state index in [4.69, 9.17) is 4.74 Å². The molecule has 0 radical (unpaired) electrons.